The van der Waals surface area contributed by atoms with Gasteiger partial charge in [-0.25, -0.2) is 8.42 Å². The molecule has 37 heavy (non-hydrogen) atoms. The highest BCUT2D eigenvalue weighted by Crippen LogP contribution is 2.54. The maximum Gasteiger partial charge on any atom is 0.304 e. The van der Waals surface area contributed by atoms with Gasteiger partial charge in [-0.3, -0.25) is 9.59 Å². The number of sulfone groups is 1. The molecule has 6 nitrogen and oxygen atoms in total. The molecule has 2 saturated carbocycles. The van der Waals surface area contributed by atoms with Gasteiger partial charge in [-0.2, -0.15) is 0 Å². The Morgan fingerprint density at radius 2 is 1.73 bits per heavy atom. The Bertz CT molecular complexity index is 1310. The summed E-state index contributed by atoms with van der Waals surface area (Å²) in [6, 6.07) is 13.7. The molecule has 3 aliphatic rings. The Hall–Kier alpha value is -2.09. The minimum Gasteiger partial charge on any atom is -0.481 e. The lowest BCUT2D eigenvalue weighted by molar-refractivity contribution is -0.160. The molecule has 5 rings (SSSR count). The van der Waals surface area contributed by atoms with Crippen molar-refractivity contribution in [1.29, 1.82) is 0 Å². The Balaban J connectivity index is 1.68. The fourth-order valence-corrected chi connectivity index (χ4v) is 8.33. The number of aliphatic carboxylic acids is 1. The number of carbonyl (C=O) groups is 2. The van der Waals surface area contributed by atoms with E-state index < -0.39 is 33.3 Å². The third-order valence-corrected chi connectivity index (χ3v) is 10.9. The van der Waals surface area contributed by atoms with Crippen molar-refractivity contribution in [3.63, 3.8) is 0 Å². The highest BCUT2D eigenvalue weighted by atomic mass is 35.5. The topological polar surface area (TPSA) is 91.8 Å². The third kappa shape index (κ3) is 5.55. The van der Waals surface area contributed by atoms with Crippen LogP contribution >= 0.6 is 23.2 Å². The van der Waals surface area contributed by atoms with Crippen LogP contribution < -0.4 is 0 Å². The van der Waals surface area contributed by atoms with Crippen molar-refractivity contribution in [3.05, 3.63) is 69.7 Å². The molecule has 4 atom stereocenters. The summed E-state index contributed by atoms with van der Waals surface area (Å²) in [6.07, 6.45) is 2.99. The number of carboxylic acid groups (broad SMARTS) is 1. The molecule has 2 aromatic rings. The van der Waals surface area contributed by atoms with E-state index in [2.05, 4.69) is 0 Å². The average Bonchev–Trinajstić information content (AvgIpc) is 3.72. The lowest BCUT2D eigenvalue weighted by Crippen LogP contribution is -2.58. The van der Waals surface area contributed by atoms with Gasteiger partial charge in [0.15, 0.2) is 9.84 Å². The first-order valence-electron chi connectivity index (χ1n) is 12.8. The first-order chi connectivity index (χ1) is 17.5. The van der Waals surface area contributed by atoms with Gasteiger partial charge in [0, 0.05) is 22.0 Å². The maximum atomic E-state index is 14.3. The molecule has 2 aliphatic carbocycles. The van der Waals surface area contributed by atoms with Crippen LogP contribution in [0.2, 0.25) is 10.0 Å². The fraction of sp³-hybridized carbons (Fsp3) is 0.500. The summed E-state index contributed by atoms with van der Waals surface area (Å²) in [4.78, 5) is 28.0. The second-order valence-electron chi connectivity index (χ2n) is 11.1. The van der Waals surface area contributed by atoms with E-state index >= 15 is 0 Å². The number of carbonyl (C=O) groups excluding carboxylic acids is 1. The molecular weight excluding hydrogens is 533 g/mol. The van der Waals surface area contributed by atoms with Crippen LogP contribution in [0.4, 0.5) is 0 Å². The number of benzene rings is 2. The molecule has 9 heteroatoms. The van der Waals surface area contributed by atoms with Crippen LogP contribution in [0.15, 0.2) is 48.5 Å². The molecule has 0 aromatic heterocycles. The predicted octanol–water partition coefficient (Wildman–Crippen LogP) is 5.89. The van der Waals surface area contributed by atoms with Gasteiger partial charge >= 0.3 is 5.97 Å². The van der Waals surface area contributed by atoms with Crippen molar-refractivity contribution in [3.8, 4) is 0 Å². The van der Waals surface area contributed by atoms with E-state index in [0.29, 0.717) is 29.3 Å². The van der Waals surface area contributed by atoms with Crippen LogP contribution in [-0.2, 0) is 19.4 Å². The van der Waals surface area contributed by atoms with Gasteiger partial charge in [0.05, 0.1) is 28.9 Å². The van der Waals surface area contributed by atoms with Gasteiger partial charge in [-0.05, 0) is 73.4 Å². The quantitative estimate of drug-likeness (QED) is 0.410. The molecule has 0 bridgehead atoms. The number of hydrogen-bond acceptors (Lipinski definition) is 4. The number of nitrogens with zero attached hydrogens (tertiary/aromatic N) is 1. The number of hydrogen-bond donors (Lipinski definition) is 1. The summed E-state index contributed by atoms with van der Waals surface area (Å²) in [5, 5.41) is 10.5. The molecule has 0 radical (unpaired) electrons. The highest BCUT2D eigenvalue weighted by molar-refractivity contribution is 7.92. The van der Waals surface area contributed by atoms with Gasteiger partial charge in [0.1, 0.15) is 0 Å². The van der Waals surface area contributed by atoms with Crippen molar-refractivity contribution in [2.45, 2.75) is 68.7 Å². The van der Waals surface area contributed by atoms with E-state index in [0.717, 1.165) is 24.0 Å². The van der Waals surface area contributed by atoms with Crippen molar-refractivity contribution in [1.82, 2.24) is 4.90 Å². The van der Waals surface area contributed by atoms with Crippen LogP contribution in [0.5, 0.6) is 0 Å². The molecule has 1 amide bonds. The normalized spacial score (nSPS) is 27.2. The summed E-state index contributed by atoms with van der Waals surface area (Å²) in [7, 11) is -3.38. The molecule has 198 valence electrons. The zero-order valence-corrected chi connectivity index (χ0v) is 23.0. The van der Waals surface area contributed by atoms with Gasteiger partial charge in [-0.15, -0.1) is 0 Å². The van der Waals surface area contributed by atoms with Crippen LogP contribution in [0, 0.1) is 11.3 Å². The zero-order valence-electron chi connectivity index (χ0n) is 20.6. The molecule has 0 spiro atoms. The fourth-order valence-electron chi connectivity index (χ4n) is 5.97. The zero-order chi connectivity index (χ0) is 26.5. The van der Waals surface area contributed by atoms with Crippen molar-refractivity contribution in [2.24, 2.45) is 11.3 Å². The highest BCUT2D eigenvalue weighted by Gasteiger charge is 2.55. The predicted molar refractivity (Wildman–Crippen MR) is 144 cm³/mol. The molecule has 2 unspecified atom stereocenters. The number of halogens is 2. The third-order valence-electron chi connectivity index (χ3n) is 8.09. The SMILES string of the molecule is C[C@]1(CC(=O)O)CC(c2cccc(Cl)c2)[C@@H](c2ccc(Cl)cc2)N(C(CS(=O)(=O)C2CC2)C2CC2)C1=O. The lowest BCUT2D eigenvalue weighted by Gasteiger charge is -2.52. The van der Waals surface area contributed by atoms with Gasteiger partial charge in [0.25, 0.3) is 0 Å². The van der Waals surface area contributed by atoms with Gasteiger partial charge < -0.3 is 10.0 Å². The van der Waals surface area contributed by atoms with Crippen molar-refractivity contribution >= 4 is 44.9 Å². The largest absolute Gasteiger partial charge is 0.481 e. The summed E-state index contributed by atoms with van der Waals surface area (Å²) >= 11 is 12.6. The second kappa shape index (κ2) is 9.90. The van der Waals surface area contributed by atoms with Gasteiger partial charge in [-0.1, -0.05) is 54.4 Å². The van der Waals surface area contributed by atoms with E-state index in [1.54, 1.807) is 30.0 Å². The molecule has 1 N–H and O–H groups in total. The van der Waals surface area contributed by atoms with Crippen molar-refractivity contribution < 1.29 is 23.1 Å². The van der Waals surface area contributed by atoms with Crippen LogP contribution in [0.25, 0.3) is 0 Å². The summed E-state index contributed by atoms with van der Waals surface area (Å²) < 4.78 is 26.5. The Morgan fingerprint density at radius 3 is 2.30 bits per heavy atom. The number of rotatable bonds is 9. The first-order valence-corrected chi connectivity index (χ1v) is 15.2. The summed E-state index contributed by atoms with van der Waals surface area (Å²) in [5.74, 6) is -1.66. The minimum atomic E-state index is -3.38. The standard InChI is InChI=1S/C28H31Cl2NO5S/c1-28(15-25(32)33)14-23(19-3-2-4-21(30)13-19)26(18-7-9-20(29)10-8-18)31(27(28)34)24(17-5-6-17)16-37(35,36)22-11-12-22/h2-4,7-10,13,17,22-24,26H,5-6,11-12,14-16H2,1H3,(H,32,33)/t23?,24?,26-,28-/m1/s1. The van der Waals surface area contributed by atoms with Crippen LogP contribution in [0.1, 0.15) is 68.5 Å². The molecule has 1 heterocycles. The van der Waals surface area contributed by atoms with Crippen molar-refractivity contribution in [2.75, 3.05) is 5.75 Å². The lowest BCUT2D eigenvalue weighted by atomic mass is 9.67. The number of likely N-dealkylation sites (tertiary alicyclic amines) is 1. The first kappa shape index (κ1) is 26.5. The number of piperidine rings is 1. The van der Waals surface area contributed by atoms with E-state index in [1.165, 1.54) is 0 Å². The maximum absolute atomic E-state index is 14.3. The molecule has 3 fully saturated rings. The van der Waals surface area contributed by atoms with E-state index in [1.807, 2.05) is 30.3 Å². The van der Waals surface area contributed by atoms with Crippen LogP contribution in [-0.4, -0.2) is 47.3 Å². The summed E-state index contributed by atoms with van der Waals surface area (Å²) in [5.41, 5.74) is 0.536. The molecule has 1 saturated heterocycles. The number of amides is 1. The van der Waals surface area contributed by atoms with E-state index in [-0.39, 0.29) is 35.2 Å². The van der Waals surface area contributed by atoms with E-state index in [4.69, 9.17) is 23.2 Å². The molecule has 2 aromatic carbocycles. The Morgan fingerprint density at radius 1 is 1.05 bits per heavy atom. The van der Waals surface area contributed by atoms with Gasteiger partial charge in [0.2, 0.25) is 5.91 Å². The Kier molecular flexibility index (Phi) is 7.09. The average molecular weight is 565 g/mol. The molecule has 1 aliphatic heterocycles. The Labute approximate surface area is 227 Å². The van der Waals surface area contributed by atoms with E-state index in [9.17, 15) is 23.1 Å². The summed E-state index contributed by atoms with van der Waals surface area (Å²) in [6.45, 7) is 1.70. The smallest absolute Gasteiger partial charge is 0.304 e. The second-order valence-corrected chi connectivity index (χ2v) is 14.3. The number of carboxylic acids is 1. The van der Waals surface area contributed by atoms with Crippen LogP contribution in [0.3, 0.4) is 0 Å². The minimum absolute atomic E-state index is 0.0689. The monoisotopic (exact) mass is 563 g/mol. The molecular formula is C28H31Cl2NO5S.